The molecule has 1 heterocycles. The molecule has 0 radical (unpaired) electrons. The lowest BCUT2D eigenvalue weighted by molar-refractivity contribution is -0.207. The van der Waals surface area contributed by atoms with Gasteiger partial charge < -0.3 is 24.8 Å². The Kier molecular flexibility index (Phi) is 4.63. The van der Waals surface area contributed by atoms with Crippen molar-refractivity contribution in [3.8, 4) is 17.2 Å². The number of ether oxygens (including phenoxy) is 3. The van der Waals surface area contributed by atoms with Crippen molar-refractivity contribution >= 4 is 22.7 Å². The average molecular weight is 532 g/mol. The topological polar surface area (TPSA) is 98.8 Å². The Morgan fingerprint density at radius 2 is 1.33 bits per heavy atom. The van der Waals surface area contributed by atoms with Gasteiger partial charge in [0, 0.05) is 53.3 Å². The molecular formula is C31H37N3O5. The van der Waals surface area contributed by atoms with Gasteiger partial charge in [0.1, 0.15) is 11.4 Å². The van der Waals surface area contributed by atoms with Gasteiger partial charge in [-0.15, -0.1) is 0 Å². The highest BCUT2D eigenvalue weighted by molar-refractivity contribution is 5.89. The van der Waals surface area contributed by atoms with Crippen LogP contribution in [0.3, 0.4) is 0 Å². The van der Waals surface area contributed by atoms with E-state index >= 15 is 0 Å². The summed E-state index contributed by atoms with van der Waals surface area (Å²) in [6.07, 6.45) is 12.8. The van der Waals surface area contributed by atoms with Crippen LogP contribution >= 0.6 is 0 Å². The highest BCUT2D eigenvalue weighted by atomic mass is 16.5. The number of fused-ring (bicyclic) bond motifs is 4. The fraction of sp³-hybridized carbons (Fsp3) is 0.645. The number of carbonyl (C=O) groups excluding carboxylic acids is 2. The van der Waals surface area contributed by atoms with Gasteiger partial charge in [0.2, 0.25) is 11.8 Å². The van der Waals surface area contributed by atoms with Crippen LogP contribution < -0.4 is 24.8 Å². The SMILES string of the molecule is COc1cc2nccc(OC34CC(NC(=O)C56CCC(C(=O)NC78CC(C7)C8)(CC5)CC6)(C3)C4)c2cc1OC. The zero-order valence-corrected chi connectivity index (χ0v) is 22.9. The van der Waals surface area contributed by atoms with E-state index in [4.69, 9.17) is 14.2 Å². The Morgan fingerprint density at radius 1 is 0.795 bits per heavy atom. The molecule has 39 heavy (non-hydrogen) atoms. The van der Waals surface area contributed by atoms with E-state index in [1.165, 1.54) is 19.3 Å². The van der Waals surface area contributed by atoms with Crippen LogP contribution in [-0.4, -0.2) is 47.7 Å². The molecule has 2 amide bonds. The predicted molar refractivity (Wildman–Crippen MR) is 144 cm³/mol. The molecule has 0 unspecified atom stereocenters. The first-order valence-corrected chi connectivity index (χ1v) is 14.6. The van der Waals surface area contributed by atoms with E-state index in [0.717, 1.165) is 80.4 Å². The number of rotatable bonds is 8. The van der Waals surface area contributed by atoms with Crippen molar-refractivity contribution in [2.45, 2.75) is 93.7 Å². The van der Waals surface area contributed by atoms with Gasteiger partial charge in [-0.1, -0.05) is 0 Å². The molecule has 9 saturated carbocycles. The summed E-state index contributed by atoms with van der Waals surface area (Å²) in [5, 5.41) is 7.78. The third kappa shape index (κ3) is 3.26. The minimum atomic E-state index is -0.307. The number of nitrogens with one attached hydrogen (secondary N) is 2. The number of carbonyl (C=O) groups is 2. The Labute approximate surface area is 228 Å². The van der Waals surface area contributed by atoms with Gasteiger partial charge in [-0.25, -0.2) is 0 Å². The maximum Gasteiger partial charge on any atom is 0.226 e. The van der Waals surface area contributed by atoms with Gasteiger partial charge in [-0.05, 0) is 75.8 Å². The summed E-state index contributed by atoms with van der Waals surface area (Å²) in [6.45, 7) is 0. The van der Waals surface area contributed by atoms with E-state index in [1.54, 1.807) is 20.4 Å². The van der Waals surface area contributed by atoms with Crippen molar-refractivity contribution < 1.29 is 23.8 Å². The first kappa shape index (κ1) is 23.8. The van der Waals surface area contributed by atoms with Gasteiger partial charge in [0.05, 0.1) is 25.3 Å². The van der Waals surface area contributed by atoms with E-state index in [9.17, 15) is 9.59 Å². The molecule has 1 aromatic carbocycles. The van der Waals surface area contributed by atoms with Gasteiger partial charge in [-0.2, -0.15) is 0 Å². The molecule has 2 aromatic rings. The maximum absolute atomic E-state index is 13.7. The van der Waals surface area contributed by atoms with E-state index in [2.05, 4.69) is 15.6 Å². The van der Waals surface area contributed by atoms with Gasteiger partial charge in [-0.3, -0.25) is 14.6 Å². The highest BCUT2D eigenvalue weighted by Crippen LogP contribution is 2.64. The number of nitrogens with zero attached hydrogens (tertiary/aromatic N) is 1. The Balaban J connectivity index is 0.902. The van der Waals surface area contributed by atoms with Crippen LogP contribution in [0, 0.1) is 16.7 Å². The highest BCUT2D eigenvalue weighted by Gasteiger charge is 2.72. The molecule has 9 aliphatic rings. The summed E-state index contributed by atoms with van der Waals surface area (Å²) in [5.74, 6) is 3.40. The molecule has 0 aliphatic heterocycles. The summed E-state index contributed by atoms with van der Waals surface area (Å²) < 4.78 is 17.5. The molecule has 0 atom stereocenters. The maximum atomic E-state index is 13.7. The summed E-state index contributed by atoms with van der Waals surface area (Å²) in [4.78, 5) is 31.4. The van der Waals surface area contributed by atoms with E-state index in [-0.39, 0.29) is 39.3 Å². The monoisotopic (exact) mass is 531 g/mol. The van der Waals surface area contributed by atoms with Gasteiger partial charge in [0.25, 0.3) is 0 Å². The number of amides is 2. The van der Waals surface area contributed by atoms with Crippen molar-refractivity contribution in [2.75, 3.05) is 14.2 Å². The lowest BCUT2D eigenvalue weighted by Gasteiger charge is -2.69. The number of pyridine rings is 1. The fourth-order valence-corrected chi connectivity index (χ4v) is 8.95. The number of hydrogen-bond donors (Lipinski definition) is 2. The minimum Gasteiger partial charge on any atom is -0.493 e. The first-order chi connectivity index (χ1) is 18.7. The third-order valence-corrected chi connectivity index (χ3v) is 11.5. The normalized spacial score (nSPS) is 40.3. The van der Waals surface area contributed by atoms with Crippen molar-refractivity contribution in [1.29, 1.82) is 0 Å². The zero-order valence-electron chi connectivity index (χ0n) is 22.9. The first-order valence-electron chi connectivity index (χ1n) is 14.6. The largest absolute Gasteiger partial charge is 0.493 e. The van der Waals surface area contributed by atoms with Crippen LogP contribution in [0.1, 0.15) is 77.0 Å². The van der Waals surface area contributed by atoms with E-state index in [0.29, 0.717) is 11.5 Å². The van der Waals surface area contributed by atoms with Gasteiger partial charge >= 0.3 is 0 Å². The average Bonchev–Trinajstić information content (AvgIpc) is 2.88. The van der Waals surface area contributed by atoms with Crippen LogP contribution in [0.2, 0.25) is 0 Å². The quantitative estimate of drug-likeness (QED) is 0.523. The second-order valence-electron chi connectivity index (χ2n) is 13.9. The van der Waals surface area contributed by atoms with Crippen LogP contribution in [-0.2, 0) is 9.59 Å². The van der Waals surface area contributed by atoms with E-state index in [1.807, 2.05) is 18.2 Å². The molecule has 206 valence electrons. The van der Waals surface area contributed by atoms with Crippen LogP contribution in [0.15, 0.2) is 24.4 Å². The lowest BCUT2D eigenvalue weighted by atomic mass is 9.45. The number of methoxy groups -OCH3 is 2. The van der Waals surface area contributed by atoms with Crippen molar-refractivity contribution in [3.05, 3.63) is 24.4 Å². The Morgan fingerprint density at radius 3 is 1.85 bits per heavy atom. The second-order valence-corrected chi connectivity index (χ2v) is 13.9. The van der Waals surface area contributed by atoms with Crippen LogP contribution in [0.25, 0.3) is 10.9 Å². The Hall–Kier alpha value is -3.03. The lowest BCUT2D eigenvalue weighted by Crippen LogP contribution is -2.81. The summed E-state index contributed by atoms with van der Waals surface area (Å²) >= 11 is 0. The standard InChI is InChI=1S/C31H37N3O5/c1-37-23-11-20-21(12-24(23)38-2)32-10-3-22(20)39-31-16-30(17-31,18-31)34-26(36)28-7-4-27(5-8-28,6-9-28)25(35)33-29-13-19(14-29)15-29/h3,10-12,19H,4-9,13-18H2,1-2H3,(H,33,35)(H,34,36). The van der Waals surface area contributed by atoms with Crippen molar-refractivity contribution in [1.82, 2.24) is 15.6 Å². The molecule has 0 saturated heterocycles. The molecule has 8 nitrogen and oxygen atoms in total. The fourth-order valence-electron chi connectivity index (χ4n) is 8.95. The van der Waals surface area contributed by atoms with Crippen LogP contribution in [0.4, 0.5) is 0 Å². The molecule has 1 aromatic heterocycles. The van der Waals surface area contributed by atoms with Crippen molar-refractivity contribution in [2.24, 2.45) is 16.7 Å². The smallest absolute Gasteiger partial charge is 0.226 e. The summed E-state index contributed by atoms with van der Waals surface area (Å²) in [7, 11) is 3.24. The van der Waals surface area contributed by atoms with Gasteiger partial charge in [0.15, 0.2) is 11.5 Å². The molecule has 11 rings (SSSR count). The van der Waals surface area contributed by atoms with Crippen LogP contribution in [0.5, 0.6) is 17.2 Å². The molecular weight excluding hydrogens is 494 g/mol. The Bertz CT molecular complexity index is 1360. The molecule has 8 heteroatoms. The molecule has 0 spiro atoms. The second kappa shape index (κ2) is 7.58. The van der Waals surface area contributed by atoms with E-state index < -0.39 is 0 Å². The predicted octanol–water partition coefficient (Wildman–Crippen LogP) is 4.43. The minimum absolute atomic E-state index is 0.128. The van der Waals surface area contributed by atoms with Crippen molar-refractivity contribution in [3.63, 3.8) is 0 Å². The number of benzene rings is 1. The third-order valence-electron chi connectivity index (χ3n) is 11.5. The molecule has 9 fully saturated rings. The molecule has 6 bridgehead atoms. The summed E-state index contributed by atoms with van der Waals surface area (Å²) in [6, 6.07) is 5.69. The summed E-state index contributed by atoms with van der Waals surface area (Å²) in [5.41, 5.74) is -0.0144. The molecule has 9 aliphatic carbocycles. The zero-order chi connectivity index (χ0) is 26.7. The number of hydrogen-bond acceptors (Lipinski definition) is 6. The molecule has 2 N–H and O–H groups in total. The number of aromatic nitrogens is 1.